The van der Waals surface area contributed by atoms with E-state index in [1.807, 2.05) is 26.1 Å². The Morgan fingerprint density at radius 2 is 2.00 bits per heavy atom. The summed E-state index contributed by atoms with van der Waals surface area (Å²) in [5, 5.41) is 0. The molecule has 1 rings (SSSR count). The van der Waals surface area contributed by atoms with Gasteiger partial charge in [0.15, 0.2) is 5.78 Å². The Labute approximate surface area is 109 Å². The highest BCUT2D eigenvalue weighted by molar-refractivity contribution is 7.14. The minimum atomic E-state index is 0.237. The maximum atomic E-state index is 12.0. The predicted octanol–water partition coefficient (Wildman–Crippen LogP) is 3.61. The van der Waals surface area contributed by atoms with Crippen LogP contribution < -0.4 is 0 Å². The number of hydrogen-bond donors (Lipinski definition) is 0. The van der Waals surface area contributed by atoms with Crippen molar-refractivity contribution in [3.63, 3.8) is 0 Å². The zero-order chi connectivity index (χ0) is 13.0. The lowest BCUT2D eigenvalue weighted by atomic mass is 10.0. The maximum Gasteiger partial charge on any atom is 0.186 e. The molecular formula is C14H23NOS. The quantitative estimate of drug-likeness (QED) is 0.722. The van der Waals surface area contributed by atoms with Gasteiger partial charge >= 0.3 is 0 Å². The molecule has 0 aliphatic rings. The molecule has 0 radical (unpaired) electrons. The third-order valence-electron chi connectivity index (χ3n) is 2.97. The van der Waals surface area contributed by atoms with E-state index in [1.54, 1.807) is 11.3 Å². The van der Waals surface area contributed by atoms with Crippen molar-refractivity contribution in [3.8, 4) is 0 Å². The number of nitrogens with zero attached hydrogens (tertiary/aromatic N) is 1. The van der Waals surface area contributed by atoms with Gasteiger partial charge in [0, 0.05) is 10.9 Å². The monoisotopic (exact) mass is 253 g/mol. The molecule has 0 fully saturated rings. The molecule has 0 saturated heterocycles. The van der Waals surface area contributed by atoms with Crippen molar-refractivity contribution < 1.29 is 4.79 Å². The van der Waals surface area contributed by atoms with Gasteiger partial charge in [-0.05, 0) is 45.4 Å². The van der Waals surface area contributed by atoms with E-state index in [9.17, 15) is 4.79 Å². The van der Waals surface area contributed by atoms with Crippen LogP contribution in [0.4, 0.5) is 0 Å². The van der Waals surface area contributed by atoms with Crippen LogP contribution in [0.15, 0.2) is 12.1 Å². The summed E-state index contributed by atoms with van der Waals surface area (Å²) in [6, 6.07) is 4.40. The summed E-state index contributed by atoms with van der Waals surface area (Å²) in [5.41, 5.74) is 0. The van der Waals surface area contributed by atoms with Crippen LogP contribution in [-0.2, 0) is 0 Å². The number of carbonyl (C=O) groups excluding carboxylic acids is 1. The molecule has 2 nitrogen and oxygen atoms in total. The second kappa shape index (κ2) is 6.31. The predicted molar refractivity (Wildman–Crippen MR) is 74.9 cm³/mol. The van der Waals surface area contributed by atoms with Crippen LogP contribution in [0.5, 0.6) is 0 Å². The Hall–Kier alpha value is -0.670. The first-order valence-electron chi connectivity index (χ1n) is 6.20. The number of carbonyl (C=O) groups is 1. The van der Waals surface area contributed by atoms with E-state index in [-0.39, 0.29) is 5.78 Å². The van der Waals surface area contributed by atoms with Crippen molar-refractivity contribution in [1.29, 1.82) is 0 Å². The smallest absolute Gasteiger partial charge is 0.186 e. The first-order chi connectivity index (χ1) is 7.90. The van der Waals surface area contributed by atoms with Gasteiger partial charge in [0.05, 0.1) is 11.4 Å². The molecule has 0 amide bonds. The van der Waals surface area contributed by atoms with E-state index in [2.05, 4.69) is 25.7 Å². The van der Waals surface area contributed by atoms with Crippen molar-refractivity contribution >= 4 is 17.1 Å². The number of thiophene rings is 1. The number of ketones is 1. The van der Waals surface area contributed by atoms with Crippen LogP contribution in [0.25, 0.3) is 0 Å². The fourth-order valence-corrected chi connectivity index (χ4v) is 2.70. The summed E-state index contributed by atoms with van der Waals surface area (Å²) in [5.74, 6) is 0.910. The lowest BCUT2D eigenvalue weighted by molar-refractivity contribution is 0.0920. The zero-order valence-electron chi connectivity index (χ0n) is 11.5. The van der Waals surface area contributed by atoms with E-state index in [0.717, 1.165) is 11.3 Å². The summed E-state index contributed by atoms with van der Waals surface area (Å²) in [6.45, 7) is 9.18. The average Bonchev–Trinajstić information content (AvgIpc) is 2.63. The van der Waals surface area contributed by atoms with Crippen molar-refractivity contribution in [1.82, 2.24) is 4.90 Å². The standard InChI is InChI=1S/C14H23NOS/c1-10(2)8-11(3)15(5)9-13(16)14-7-6-12(4)17-14/h6-7,10-11H,8-9H2,1-5H3. The fraction of sp³-hybridized carbons (Fsp3) is 0.643. The molecule has 1 aromatic heterocycles. The van der Waals surface area contributed by atoms with Gasteiger partial charge in [0.1, 0.15) is 0 Å². The molecule has 0 bridgehead atoms. The summed E-state index contributed by atoms with van der Waals surface area (Å²) in [6.07, 6.45) is 1.13. The minimum Gasteiger partial charge on any atom is -0.296 e. The van der Waals surface area contributed by atoms with Crippen LogP contribution in [0.3, 0.4) is 0 Å². The third kappa shape index (κ3) is 4.60. The molecule has 17 heavy (non-hydrogen) atoms. The van der Waals surface area contributed by atoms with Crippen LogP contribution in [0.2, 0.25) is 0 Å². The number of hydrogen-bond acceptors (Lipinski definition) is 3. The molecule has 96 valence electrons. The van der Waals surface area contributed by atoms with E-state index in [0.29, 0.717) is 18.5 Å². The molecule has 0 saturated carbocycles. The molecule has 1 heterocycles. The van der Waals surface area contributed by atoms with Gasteiger partial charge < -0.3 is 0 Å². The van der Waals surface area contributed by atoms with Crippen LogP contribution in [0, 0.1) is 12.8 Å². The molecule has 1 unspecified atom stereocenters. The molecule has 0 aliphatic heterocycles. The Kier molecular flexibility index (Phi) is 5.34. The number of rotatable bonds is 6. The Bertz CT molecular complexity index is 370. The lowest BCUT2D eigenvalue weighted by Crippen LogP contribution is -2.34. The van der Waals surface area contributed by atoms with Crippen LogP contribution in [0.1, 0.15) is 41.7 Å². The second-order valence-electron chi connectivity index (χ2n) is 5.23. The topological polar surface area (TPSA) is 20.3 Å². The number of likely N-dealkylation sites (N-methyl/N-ethyl adjacent to an activating group) is 1. The van der Waals surface area contributed by atoms with Crippen LogP contribution >= 0.6 is 11.3 Å². The molecule has 0 aliphatic carbocycles. The SMILES string of the molecule is Cc1ccc(C(=O)CN(C)C(C)CC(C)C)s1. The highest BCUT2D eigenvalue weighted by Gasteiger charge is 2.16. The lowest BCUT2D eigenvalue weighted by Gasteiger charge is -2.25. The van der Waals surface area contributed by atoms with Gasteiger partial charge in [-0.2, -0.15) is 0 Å². The summed E-state index contributed by atoms with van der Waals surface area (Å²) >= 11 is 1.59. The Balaban J connectivity index is 2.51. The maximum absolute atomic E-state index is 12.0. The summed E-state index contributed by atoms with van der Waals surface area (Å²) in [7, 11) is 2.03. The van der Waals surface area contributed by atoms with Gasteiger partial charge in [0.2, 0.25) is 0 Å². The van der Waals surface area contributed by atoms with Crippen molar-refractivity contribution in [2.45, 2.75) is 40.2 Å². The van der Waals surface area contributed by atoms with Gasteiger partial charge in [-0.15, -0.1) is 11.3 Å². The second-order valence-corrected chi connectivity index (χ2v) is 6.52. The van der Waals surface area contributed by atoms with Gasteiger partial charge in [0.25, 0.3) is 0 Å². The van der Waals surface area contributed by atoms with E-state index in [1.165, 1.54) is 4.88 Å². The largest absolute Gasteiger partial charge is 0.296 e. The Morgan fingerprint density at radius 1 is 1.35 bits per heavy atom. The highest BCUT2D eigenvalue weighted by atomic mass is 32.1. The first-order valence-corrected chi connectivity index (χ1v) is 7.01. The third-order valence-corrected chi connectivity index (χ3v) is 4.01. The van der Waals surface area contributed by atoms with Crippen LogP contribution in [-0.4, -0.2) is 30.3 Å². The van der Waals surface area contributed by atoms with E-state index >= 15 is 0 Å². The molecule has 1 atom stereocenters. The first kappa shape index (κ1) is 14.4. The molecule has 3 heteroatoms. The molecule has 0 spiro atoms. The van der Waals surface area contributed by atoms with Crippen molar-refractivity contribution in [3.05, 3.63) is 21.9 Å². The van der Waals surface area contributed by atoms with E-state index < -0.39 is 0 Å². The normalized spacial score (nSPS) is 13.4. The molecular weight excluding hydrogens is 230 g/mol. The van der Waals surface area contributed by atoms with Crippen molar-refractivity contribution in [2.75, 3.05) is 13.6 Å². The minimum absolute atomic E-state index is 0.237. The van der Waals surface area contributed by atoms with Crippen molar-refractivity contribution in [2.24, 2.45) is 5.92 Å². The molecule has 0 aromatic carbocycles. The zero-order valence-corrected chi connectivity index (χ0v) is 12.3. The number of aryl methyl sites for hydroxylation is 1. The van der Waals surface area contributed by atoms with Gasteiger partial charge in [-0.25, -0.2) is 0 Å². The van der Waals surface area contributed by atoms with Gasteiger partial charge in [-0.3, -0.25) is 9.69 Å². The Morgan fingerprint density at radius 3 is 2.47 bits per heavy atom. The average molecular weight is 253 g/mol. The fourth-order valence-electron chi connectivity index (χ4n) is 1.91. The summed E-state index contributed by atoms with van der Waals surface area (Å²) in [4.78, 5) is 16.3. The molecule has 0 N–H and O–H groups in total. The molecule has 1 aromatic rings. The van der Waals surface area contributed by atoms with E-state index in [4.69, 9.17) is 0 Å². The number of Topliss-reactive ketones (excluding diaryl/α,β-unsaturated/α-hetero) is 1. The van der Waals surface area contributed by atoms with Gasteiger partial charge in [-0.1, -0.05) is 13.8 Å². The highest BCUT2D eigenvalue weighted by Crippen LogP contribution is 2.17. The summed E-state index contributed by atoms with van der Waals surface area (Å²) < 4.78 is 0.